The molecule has 128 valence electrons. The average molecular weight is 358 g/mol. The van der Waals surface area contributed by atoms with Crippen molar-refractivity contribution in [3.05, 3.63) is 65.3 Å². The molecule has 0 aliphatic rings. The fraction of sp³-hybridized carbons (Fsp3) is 0.167. The lowest BCUT2D eigenvalue weighted by Crippen LogP contribution is -2.26. The number of hydrogen-bond acceptors (Lipinski definition) is 5. The van der Waals surface area contributed by atoms with Gasteiger partial charge in [-0.05, 0) is 36.4 Å². The Labute approximate surface area is 149 Å². The van der Waals surface area contributed by atoms with Crippen molar-refractivity contribution in [2.75, 3.05) is 13.7 Å². The van der Waals surface area contributed by atoms with Crippen LogP contribution >= 0.6 is 11.6 Å². The van der Waals surface area contributed by atoms with E-state index in [1.165, 1.54) is 12.3 Å². The number of benzene rings is 1. The molecule has 0 unspecified atom stereocenters. The largest absolute Gasteiger partial charge is 0.497 e. The summed E-state index contributed by atoms with van der Waals surface area (Å²) in [5.41, 5.74) is 1.90. The SMILES string of the molecule is COc1ccc(-c2nc(CCNC(=O)c3cc(Cl)ccn3)co2)cc1. The zero-order valence-electron chi connectivity index (χ0n) is 13.5. The van der Waals surface area contributed by atoms with Gasteiger partial charge in [0.2, 0.25) is 5.89 Å². The van der Waals surface area contributed by atoms with E-state index in [4.69, 9.17) is 20.8 Å². The topological polar surface area (TPSA) is 77.2 Å². The first-order valence-corrected chi connectivity index (χ1v) is 8.02. The van der Waals surface area contributed by atoms with E-state index in [1.54, 1.807) is 19.4 Å². The van der Waals surface area contributed by atoms with Crippen LogP contribution in [0.5, 0.6) is 5.75 Å². The quantitative estimate of drug-likeness (QED) is 0.731. The molecule has 0 aliphatic carbocycles. The lowest BCUT2D eigenvalue weighted by Gasteiger charge is -2.03. The highest BCUT2D eigenvalue weighted by molar-refractivity contribution is 6.30. The van der Waals surface area contributed by atoms with E-state index in [2.05, 4.69) is 15.3 Å². The lowest BCUT2D eigenvalue weighted by atomic mass is 10.2. The number of methoxy groups -OCH3 is 1. The van der Waals surface area contributed by atoms with Crippen molar-refractivity contribution in [2.45, 2.75) is 6.42 Å². The number of aromatic nitrogens is 2. The molecule has 0 bridgehead atoms. The van der Waals surface area contributed by atoms with Crippen molar-refractivity contribution in [2.24, 2.45) is 0 Å². The molecule has 1 N–H and O–H groups in total. The lowest BCUT2D eigenvalue weighted by molar-refractivity contribution is 0.0949. The Morgan fingerprint density at radius 3 is 2.80 bits per heavy atom. The Balaban J connectivity index is 1.55. The summed E-state index contributed by atoms with van der Waals surface area (Å²) in [5.74, 6) is 1.02. The highest BCUT2D eigenvalue weighted by Crippen LogP contribution is 2.21. The summed E-state index contributed by atoms with van der Waals surface area (Å²) in [5, 5.41) is 3.25. The van der Waals surface area contributed by atoms with Gasteiger partial charge in [0.1, 0.15) is 17.7 Å². The molecular weight excluding hydrogens is 342 g/mol. The number of carbonyl (C=O) groups is 1. The first-order chi connectivity index (χ1) is 12.2. The summed E-state index contributed by atoms with van der Waals surface area (Å²) in [6.07, 6.45) is 3.63. The van der Waals surface area contributed by atoms with Gasteiger partial charge in [-0.1, -0.05) is 11.6 Å². The highest BCUT2D eigenvalue weighted by Gasteiger charge is 2.09. The van der Waals surface area contributed by atoms with E-state index in [-0.39, 0.29) is 11.6 Å². The highest BCUT2D eigenvalue weighted by atomic mass is 35.5. The normalized spacial score (nSPS) is 10.5. The standard InChI is InChI=1S/C18H16ClN3O3/c1-24-15-4-2-12(3-5-15)18-22-14(11-25-18)7-9-21-17(23)16-10-13(19)6-8-20-16/h2-6,8,10-11H,7,9H2,1H3,(H,21,23). The molecule has 0 atom stereocenters. The monoisotopic (exact) mass is 357 g/mol. The molecule has 0 saturated carbocycles. The molecule has 7 heteroatoms. The predicted molar refractivity (Wildman–Crippen MR) is 93.8 cm³/mol. The Bertz CT molecular complexity index is 862. The molecule has 0 aliphatic heterocycles. The molecule has 1 aromatic carbocycles. The predicted octanol–water partition coefficient (Wildman–Crippen LogP) is 3.37. The molecule has 0 fully saturated rings. The van der Waals surface area contributed by atoms with E-state index in [0.717, 1.165) is 17.0 Å². The van der Waals surface area contributed by atoms with Crippen LogP contribution in [0.15, 0.2) is 53.3 Å². The maximum absolute atomic E-state index is 12.0. The molecule has 25 heavy (non-hydrogen) atoms. The molecular formula is C18H16ClN3O3. The fourth-order valence-electron chi connectivity index (χ4n) is 2.21. The zero-order chi connectivity index (χ0) is 17.6. The third kappa shape index (κ3) is 4.36. The summed E-state index contributed by atoms with van der Waals surface area (Å²) in [6, 6.07) is 10.6. The van der Waals surface area contributed by atoms with Gasteiger partial charge >= 0.3 is 0 Å². The van der Waals surface area contributed by atoms with E-state index < -0.39 is 0 Å². The third-order valence-electron chi connectivity index (χ3n) is 3.51. The number of amides is 1. The van der Waals surface area contributed by atoms with E-state index in [9.17, 15) is 4.79 Å². The number of nitrogens with zero attached hydrogens (tertiary/aromatic N) is 2. The van der Waals surface area contributed by atoms with Gasteiger partial charge in [0, 0.05) is 29.7 Å². The van der Waals surface area contributed by atoms with Gasteiger partial charge in [-0.2, -0.15) is 0 Å². The average Bonchev–Trinajstić information content (AvgIpc) is 3.10. The Morgan fingerprint density at radius 2 is 2.08 bits per heavy atom. The minimum atomic E-state index is -0.277. The van der Waals surface area contributed by atoms with Gasteiger partial charge in [0.15, 0.2) is 0 Å². The number of ether oxygens (including phenoxy) is 1. The van der Waals surface area contributed by atoms with Gasteiger partial charge in [0.05, 0.1) is 12.8 Å². The third-order valence-corrected chi connectivity index (χ3v) is 3.75. The van der Waals surface area contributed by atoms with Crippen LogP contribution in [-0.2, 0) is 6.42 Å². The van der Waals surface area contributed by atoms with Gasteiger partial charge < -0.3 is 14.5 Å². The molecule has 0 radical (unpaired) electrons. The first kappa shape index (κ1) is 17.0. The number of oxazole rings is 1. The van der Waals surface area contributed by atoms with Crippen molar-refractivity contribution in [3.8, 4) is 17.2 Å². The number of nitrogens with one attached hydrogen (secondary N) is 1. The van der Waals surface area contributed by atoms with Gasteiger partial charge in [-0.25, -0.2) is 4.98 Å². The number of pyridine rings is 1. The minimum absolute atomic E-state index is 0.277. The molecule has 1 amide bonds. The second kappa shape index (κ2) is 7.81. The van der Waals surface area contributed by atoms with Crippen LogP contribution in [0, 0.1) is 0 Å². The maximum Gasteiger partial charge on any atom is 0.269 e. The van der Waals surface area contributed by atoms with Gasteiger partial charge in [0.25, 0.3) is 5.91 Å². The van der Waals surface area contributed by atoms with Gasteiger partial charge in [-0.15, -0.1) is 0 Å². The maximum atomic E-state index is 12.0. The molecule has 0 spiro atoms. The summed E-state index contributed by atoms with van der Waals surface area (Å²) < 4.78 is 10.6. The molecule has 0 saturated heterocycles. The molecule has 2 heterocycles. The van der Waals surface area contributed by atoms with Crippen LogP contribution in [0.1, 0.15) is 16.2 Å². The Morgan fingerprint density at radius 1 is 1.28 bits per heavy atom. The van der Waals surface area contributed by atoms with Crippen LogP contribution < -0.4 is 10.1 Å². The Kier molecular flexibility index (Phi) is 5.30. The second-order valence-corrected chi connectivity index (χ2v) is 5.67. The van der Waals surface area contributed by atoms with E-state index >= 15 is 0 Å². The number of rotatable bonds is 6. The first-order valence-electron chi connectivity index (χ1n) is 7.64. The van der Waals surface area contributed by atoms with Crippen LogP contribution in [-0.4, -0.2) is 29.5 Å². The van der Waals surface area contributed by atoms with Crippen molar-refractivity contribution < 1.29 is 13.9 Å². The van der Waals surface area contributed by atoms with Crippen molar-refractivity contribution in [1.29, 1.82) is 0 Å². The Hall–Kier alpha value is -2.86. The van der Waals surface area contributed by atoms with Crippen LogP contribution in [0.3, 0.4) is 0 Å². The van der Waals surface area contributed by atoms with Crippen molar-refractivity contribution in [1.82, 2.24) is 15.3 Å². The van der Waals surface area contributed by atoms with E-state index in [1.807, 2.05) is 24.3 Å². The summed E-state index contributed by atoms with van der Waals surface area (Å²) in [7, 11) is 1.62. The van der Waals surface area contributed by atoms with Crippen molar-refractivity contribution >= 4 is 17.5 Å². The smallest absolute Gasteiger partial charge is 0.269 e. The zero-order valence-corrected chi connectivity index (χ0v) is 14.3. The molecule has 3 aromatic rings. The molecule has 6 nitrogen and oxygen atoms in total. The van der Waals surface area contributed by atoms with Crippen LogP contribution in [0.4, 0.5) is 0 Å². The number of hydrogen-bond donors (Lipinski definition) is 1. The number of carbonyl (C=O) groups excluding carboxylic acids is 1. The van der Waals surface area contributed by atoms with Gasteiger partial charge in [-0.3, -0.25) is 9.78 Å². The molecule has 3 rings (SSSR count). The summed E-state index contributed by atoms with van der Waals surface area (Å²) in [4.78, 5) is 20.4. The van der Waals surface area contributed by atoms with Crippen LogP contribution in [0.2, 0.25) is 5.02 Å². The molecule has 2 aromatic heterocycles. The fourth-order valence-corrected chi connectivity index (χ4v) is 2.37. The summed E-state index contributed by atoms with van der Waals surface area (Å²) in [6.45, 7) is 0.418. The van der Waals surface area contributed by atoms with Crippen molar-refractivity contribution in [3.63, 3.8) is 0 Å². The number of halogens is 1. The summed E-state index contributed by atoms with van der Waals surface area (Å²) >= 11 is 5.85. The van der Waals surface area contributed by atoms with E-state index in [0.29, 0.717) is 23.9 Å². The minimum Gasteiger partial charge on any atom is -0.497 e. The van der Waals surface area contributed by atoms with Crippen LogP contribution in [0.25, 0.3) is 11.5 Å². The second-order valence-electron chi connectivity index (χ2n) is 5.24.